The Morgan fingerprint density at radius 2 is 1.95 bits per heavy atom. The topological polar surface area (TPSA) is 62.8 Å². The normalized spacial score (nSPS) is 12.0. The van der Waals surface area contributed by atoms with E-state index in [1.807, 2.05) is 0 Å². The molecule has 0 spiro atoms. The lowest BCUT2D eigenvalue weighted by Crippen LogP contribution is -1.96. The molecule has 21 heavy (non-hydrogen) atoms. The first kappa shape index (κ1) is 14.2. The SMILES string of the molecule is CS(=O)(=O)c1ccc2nc(-c3cc(F)ccc3Br)[nH]c2c1. The van der Waals surface area contributed by atoms with Gasteiger partial charge in [0.05, 0.1) is 15.9 Å². The van der Waals surface area contributed by atoms with Crippen LogP contribution in [0.2, 0.25) is 0 Å². The van der Waals surface area contributed by atoms with Crippen LogP contribution in [0.5, 0.6) is 0 Å². The Labute approximate surface area is 129 Å². The largest absolute Gasteiger partial charge is 0.338 e. The van der Waals surface area contributed by atoms with Crippen LogP contribution in [0.25, 0.3) is 22.4 Å². The lowest BCUT2D eigenvalue weighted by atomic mass is 10.2. The number of hydrogen-bond acceptors (Lipinski definition) is 3. The Kier molecular flexibility index (Phi) is 3.33. The maximum absolute atomic E-state index is 13.4. The molecule has 0 saturated carbocycles. The van der Waals surface area contributed by atoms with Crippen LogP contribution in [0.4, 0.5) is 4.39 Å². The molecule has 0 fully saturated rings. The standard InChI is InChI=1S/C14H10BrFN2O2S/c1-21(19,20)9-3-5-12-13(7-9)18-14(17-12)10-6-8(16)2-4-11(10)15/h2-7H,1H3,(H,17,18). The number of aromatic nitrogens is 2. The molecule has 0 atom stereocenters. The van der Waals surface area contributed by atoms with Crippen LogP contribution in [0.1, 0.15) is 0 Å². The highest BCUT2D eigenvalue weighted by molar-refractivity contribution is 9.10. The highest BCUT2D eigenvalue weighted by atomic mass is 79.9. The molecule has 0 aliphatic heterocycles. The molecule has 0 aliphatic carbocycles. The van der Waals surface area contributed by atoms with Crippen molar-refractivity contribution < 1.29 is 12.8 Å². The van der Waals surface area contributed by atoms with Crippen LogP contribution in [0.3, 0.4) is 0 Å². The summed E-state index contributed by atoms with van der Waals surface area (Å²) < 4.78 is 37.2. The molecule has 3 rings (SSSR count). The predicted molar refractivity (Wildman–Crippen MR) is 82.3 cm³/mol. The van der Waals surface area contributed by atoms with Gasteiger partial charge < -0.3 is 4.98 Å². The van der Waals surface area contributed by atoms with E-state index in [0.29, 0.717) is 26.9 Å². The second-order valence-electron chi connectivity index (χ2n) is 4.66. The van der Waals surface area contributed by atoms with E-state index in [4.69, 9.17) is 0 Å². The van der Waals surface area contributed by atoms with Gasteiger partial charge >= 0.3 is 0 Å². The second-order valence-corrected chi connectivity index (χ2v) is 7.53. The monoisotopic (exact) mass is 368 g/mol. The Balaban J connectivity index is 2.20. The molecule has 0 unspecified atom stereocenters. The summed E-state index contributed by atoms with van der Waals surface area (Å²) in [7, 11) is -3.28. The Morgan fingerprint density at radius 3 is 2.67 bits per heavy atom. The maximum Gasteiger partial charge on any atom is 0.175 e. The van der Waals surface area contributed by atoms with Gasteiger partial charge in [0, 0.05) is 16.3 Å². The minimum Gasteiger partial charge on any atom is -0.338 e. The van der Waals surface area contributed by atoms with Crippen molar-refractivity contribution in [3.05, 3.63) is 46.7 Å². The number of aromatic amines is 1. The van der Waals surface area contributed by atoms with E-state index in [0.717, 1.165) is 6.26 Å². The van der Waals surface area contributed by atoms with Gasteiger partial charge in [-0.2, -0.15) is 0 Å². The van der Waals surface area contributed by atoms with Gasteiger partial charge in [-0.1, -0.05) is 15.9 Å². The van der Waals surface area contributed by atoms with Crippen molar-refractivity contribution in [2.24, 2.45) is 0 Å². The first-order valence-corrected chi connectivity index (χ1v) is 8.68. The summed E-state index contributed by atoms with van der Waals surface area (Å²) in [6.07, 6.45) is 1.15. The van der Waals surface area contributed by atoms with Crippen LogP contribution in [-0.2, 0) is 9.84 Å². The van der Waals surface area contributed by atoms with Crippen LogP contribution >= 0.6 is 15.9 Å². The van der Waals surface area contributed by atoms with Gasteiger partial charge in [-0.15, -0.1) is 0 Å². The van der Waals surface area contributed by atoms with E-state index in [1.54, 1.807) is 12.1 Å². The minimum absolute atomic E-state index is 0.212. The van der Waals surface area contributed by atoms with E-state index in [-0.39, 0.29) is 10.7 Å². The zero-order chi connectivity index (χ0) is 15.2. The molecule has 0 bridgehead atoms. The van der Waals surface area contributed by atoms with Crippen molar-refractivity contribution in [3.8, 4) is 11.4 Å². The Hall–Kier alpha value is -1.73. The number of benzene rings is 2. The smallest absolute Gasteiger partial charge is 0.175 e. The summed E-state index contributed by atoms with van der Waals surface area (Å²) in [6.45, 7) is 0. The molecule has 7 heteroatoms. The fourth-order valence-corrected chi connectivity index (χ4v) is 3.11. The van der Waals surface area contributed by atoms with Crippen molar-refractivity contribution in [3.63, 3.8) is 0 Å². The molecule has 1 N–H and O–H groups in total. The molecular formula is C14H10BrFN2O2S. The van der Waals surface area contributed by atoms with Crippen molar-refractivity contribution in [1.82, 2.24) is 9.97 Å². The number of nitrogens with one attached hydrogen (secondary N) is 1. The number of halogens is 2. The number of H-pyrrole nitrogens is 1. The van der Waals surface area contributed by atoms with Crippen molar-refractivity contribution in [2.75, 3.05) is 6.26 Å². The van der Waals surface area contributed by atoms with Crippen LogP contribution in [-0.4, -0.2) is 24.6 Å². The van der Waals surface area contributed by atoms with E-state index in [2.05, 4.69) is 25.9 Å². The summed E-state index contributed by atoms with van der Waals surface area (Å²) in [4.78, 5) is 7.59. The maximum atomic E-state index is 13.4. The van der Waals surface area contributed by atoms with Crippen molar-refractivity contribution >= 4 is 36.8 Å². The number of imidazole rings is 1. The molecule has 4 nitrogen and oxygen atoms in total. The Bertz CT molecular complexity index is 951. The van der Waals surface area contributed by atoms with Crippen molar-refractivity contribution in [1.29, 1.82) is 0 Å². The zero-order valence-electron chi connectivity index (χ0n) is 10.9. The summed E-state index contributed by atoms with van der Waals surface area (Å²) >= 11 is 3.35. The third-order valence-corrected chi connectivity index (χ3v) is 4.87. The summed E-state index contributed by atoms with van der Waals surface area (Å²) in [6, 6.07) is 8.95. The van der Waals surface area contributed by atoms with Gasteiger partial charge in [-0.25, -0.2) is 17.8 Å². The average Bonchev–Trinajstić information content (AvgIpc) is 2.83. The first-order valence-electron chi connectivity index (χ1n) is 6.00. The first-order chi connectivity index (χ1) is 9.84. The van der Waals surface area contributed by atoms with E-state index < -0.39 is 9.84 Å². The molecule has 0 radical (unpaired) electrons. The predicted octanol–water partition coefficient (Wildman–Crippen LogP) is 3.54. The molecule has 3 aromatic rings. The van der Waals surface area contributed by atoms with Gasteiger partial charge in [-0.3, -0.25) is 0 Å². The molecule has 1 heterocycles. The number of rotatable bonds is 2. The third kappa shape index (κ3) is 2.71. The van der Waals surface area contributed by atoms with E-state index in [1.165, 1.54) is 24.3 Å². The van der Waals surface area contributed by atoms with Crippen LogP contribution in [0, 0.1) is 5.82 Å². The highest BCUT2D eigenvalue weighted by Gasteiger charge is 2.13. The molecule has 108 valence electrons. The molecule has 0 aliphatic rings. The minimum atomic E-state index is -3.28. The second kappa shape index (κ2) is 4.92. The highest BCUT2D eigenvalue weighted by Crippen LogP contribution is 2.29. The lowest BCUT2D eigenvalue weighted by Gasteiger charge is -2.00. The Morgan fingerprint density at radius 1 is 1.19 bits per heavy atom. The van der Waals surface area contributed by atoms with E-state index >= 15 is 0 Å². The molecule has 1 aromatic heterocycles. The fraction of sp³-hybridized carbons (Fsp3) is 0.0714. The zero-order valence-corrected chi connectivity index (χ0v) is 13.3. The van der Waals surface area contributed by atoms with Gasteiger partial charge in [0.25, 0.3) is 0 Å². The fourth-order valence-electron chi connectivity index (χ4n) is 2.03. The quantitative estimate of drug-likeness (QED) is 0.752. The third-order valence-electron chi connectivity index (χ3n) is 3.07. The summed E-state index contributed by atoms with van der Waals surface area (Å²) in [5.74, 6) is 0.104. The molecular weight excluding hydrogens is 359 g/mol. The molecule has 2 aromatic carbocycles. The number of sulfone groups is 1. The van der Waals surface area contributed by atoms with E-state index in [9.17, 15) is 12.8 Å². The molecule has 0 amide bonds. The van der Waals surface area contributed by atoms with Gasteiger partial charge in [0.15, 0.2) is 9.84 Å². The van der Waals surface area contributed by atoms with Crippen LogP contribution in [0.15, 0.2) is 45.8 Å². The van der Waals surface area contributed by atoms with Gasteiger partial charge in [0.1, 0.15) is 11.6 Å². The number of nitrogens with zero attached hydrogens (tertiary/aromatic N) is 1. The average molecular weight is 369 g/mol. The van der Waals surface area contributed by atoms with Crippen LogP contribution < -0.4 is 0 Å². The summed E-state index contributed by atoms with van der Waals surface area (Å²) in [5, 5.41) is 0. The van der Waals surface area contributed by atoms with Crippen molar-refractivity contribution in [2.45, 2.75) is 4.90 Å². The molecule has 0 saturated heterocycles. The van der Waals surface area contributed by atoms with Gasteiger partial charge in [0.2, 0.25) is 0 Å². The number of hydrogen-bond donors (Lipinski definition) is 1. The van der Waals surface area contributed by atoms with Gasteiger partial charge in [-0.05, 0) is 36.4 Å². The number of fused-ring (bicyclic) bond motifs is 1. The lowest BCUT2D eigenvalue weighted by molar-refractivity contribution is 0.602. The summed E-state index contributed by atoms with van der Waals surface area (Å²) in [5.41, 5.74) is 1.78.